The lowest BCUT2D eigenvalue weighted by Crippen LogP contribution is -2.18. The minimum Gasteiger partial charge on any atom is -0.294 e. The fraction of sp³-hybridized carbons (Fsp3) is 0.333. The van der Waals surface area contributed by atoms with Crippen LogP contribution in [0.4, 0.5) is 4.39 Å². The minimum absolute atomic E-state index is 0.0102. The van der Waals surface area contributed by atoms with Gasteiger partial charge in [0.2, 0.25) is 0 Å². The van der Waals surface area contributed by atoms with Crippen LogP contribution in [-0.4, -0.2) is 23.2 Å². The molecular formula is C12H13FN4O2S. The normalized spacial score (nSPS) is 15.6. The Morgan fingerprint density at radius 2 is 2.05 bits per heavy atom. The summed E-state index contributed by atoms with van der Waals surface area (Å²) in [5.41, 5.74) is 1.32. The van der Waals surface area contributed by atoms with E-state index in [9.17, 15) is 12.8 Å². The third kappa shape index (κ3) is 2.20. The van der Waals surface area contributed by atoms with Gasteiger partial charge in [0.05, 0.1) is 0 Å². The van der Waals surface area contributed by atoms with E-state index >= 15 is 0 Å². The molecule has 0 aliphatic heterocycles. The molecule has 3 rings (SSSR count). The van der Waals surface area contributed by atoms with Gasteiger partial charge in [0, 0.05) is 11.6 Å². The predicted octanol–water partition coefficient (Wildman–Crippen LogP) is 1.37. The van der Waals surface area contributed by atoms with Crippen molar-refractivity contribution in [2.24, 2.45) is 5.14 Å². The molecule has 1 aliphatic carbocycles. The second kappa shape index (κ2) is 4.35. The maximum absolute atomic E-state index is 13.4. The fourth-order valence-electron chi connectivity index (χ4n) is 2.15. The molecule has 0 bridgehead atoms. The van der Waals surface area contributed by atoms with Gasteiger partial charge in [-0.2, -0.15) is 0 Å². The van der Waals surface area contributed by atoms with Crippen LogP contribution in [0.15, 0.2) is 23.4 Å². The number of hydrogen-bond acceptors (Lipinski definition) is 4. The Balaban J connectivity index is 2.25. The van der Waals surface area contributed by atoms with Crippen LogP contribution in [0.2, 0.25) is 0 Å². The predicted molar refractivity (Wildman–Crippen MR) is 69.8 cm³/mol. The molecule has 1 heterocycles. The molecule has 1 aliphatic rings. The van der Waals surface area contributed by atoms with Crippen molar-refractivity contribution in [1.82, 2.24) is 14.8 Å². The molecule has 20 heavy (non-hydrogen) atoms. The van der Waals surface area contributed by atoms with Crippen molar-refractivity contribution in [2.45, 2.75) is 31.0 Å². The van der Waals surface area contributed by atoms with Crippen molar-refractivity contribution >= 4 is 10.0 Å². The SMILES string of the molecule is Cc1ccc(F)cc1-c1nnc(S(N)(=O)=O)n1C1CC1. The number of sulfonamides is 1. The summed E-state index contributed by atoms with van der Waals surface area (Å²) < 4.78 is 38.0. The van der Waals surface area contributed by atoms with Gasteiger partial charge >= 0.3 is 0 Å². The summed E-state index contributed by atoms with van der Waals surface area (Å²) in [5, 5.41) is 12.5. The number of aromatic nitrogens is 3. The molecule has 1 aromatic carbocycles. The molecule has 1 aromatic heterocycles. The van der Waals surface area contributed by atoms with Crippen LogP contribution in [0, 0.1) is 12.7 Å². The van der Waals surface area contributed by atoms with Crippen LogP contribution < -0.4 is 5.14 Å². The van der Waals surface area contributed by atoms with Crippen molar-refractivity contribution in [1.29, 1.82) is 0 Å². The molecule has 106 valence electrons. The summed E-state index contributed by atoms with van der Waals surface area (Å²) in [5.74, 6) is -0.0679. The topological polar surface area (TPSA) is 90.9 Å². The monoisotopic (exact) mass is 296 g/mol. The summed E-state index contributed by atoms with van der Waals surface area (Å²) in [7, 11) is -3.95. The van der Waals surface area contributed by atoms with E-state index in [4.69, 9.17) is 5.14 Å². The number of rotatable bonds is 3. The maximum atomic E-state index is 13.4. The number of halogens is 1. The Labute approximate surface area is 115 Å². The van der Waals surface area contributed by atoms with Gasteiger partial charge in [0.15, 0.2) is 5.82 Å². The molecule has 2 N–H and O–H groups in total. The highest BCUT2D eigenvalue weighted by molar-refractivity contribution is 7.89. The Bertz CT molecular complexity index is 781. The number of nitrogens with zero attached hydrogens (tertiary/aromatic N) is 3. The fourth-order valence-corrected chi connectivity index (χ4v) is 2.82. The van der Waals surface area contributed by atoms with Crippen LogP contribution in [0.25, 0.3) is 11.4 Å². The first-order valence-electron chi connectivity index (χ1n) is 6.12. The zero-order chi connectivity index (χ0) is 14.5. The molecule has 0 radical (unpaired) electrons. The van der Waals surface area contributed by atoms with E-state index in [1.807, 2.05) is 0 Å². The lowest BCUT2D eigenvalue weighted by molar-refractivity contribution is 0.567. The summed E-state index contributed by atoms with van der Waals surface area (Å²) in [6.45, 7) is 1.80. The van der Waals surface area contributed by atoms with Gasteiger partial charge in [-0.15, -0.1) is 10.2 Å². The van der Waals surface area contributed by atoms with Gasteiger partial charge < -0.3 is 0 Å². The summed E-state index contributed by atoms with van der Waals surface area (Å²) in [4.78, 5) is 0. The first-order valence-corrected chi connectivity index (χ1v) is 7.67. The van der Waals surface area contributed by atoms with Crippen molar-refractivity contribution in [3.05, 3.63) is 29.6 Å². The maximum Gasteiger partial charge on any atom is 0.273 e. The number of primary sulfonamides is 1. The molecule has 1 fully saturated rings. The highest BCUT2D eigenvalue weighted by atomic mass is 32.2. The van der Waals surface area contributed by atoms with Gasteiger partial charge in [0.25, 0.3) is 15.2 Å². The summed E-state index contributed by atoms with van der Waals surface area (Å²) in [6, 6.07) is 4.30. The van der Waals surface area contributed by atoms with E-state index in [2.05, 4.69) is 10.2 Å². The van der Waals surface area contributed by atoms with Crippen LogP contribution >= 0.6 is 0 Å². The third-order valence-corrected chi connectivity index (χ3v) is 4.06. The van der Waals surface area contributed by atoms with Crippen molar-refractivity contribution in [3.63, 3.8) is 0 Å². The zero-order valence-electron chi connectivity index (χ0n) is 10.7. The van der Waals surface area contributed by atoms with Crippen molar-refractivity contribution in [3.8, 4) is 11.4 Å². The first-order chi connectivity index (χ1) is 9.38. The average Bonchev–Trinajstić information content (AvgIpc) is 3.09. The Kier molecular flexibility index (Phi) is 2.87. The molecule has 0 spiro atoms. The standard InChI is InChI=1S/C12H13FN4O2S/c1-7-2-3-8(13)6-10(7)11-15-16-12(20(14,18)19)17(11)9-4-5-9/h2-3,6,9H,4-5H2,1H3,(H2,14,18,19). The average molecular weight is 296 g/mol. The lowest BCUT2D eigenvalue weighted by atomic mass is 10.1. The molecule has 0 unspecified atom stereocenters. The van der Waals surface area contributed by atoms with E-state index in [0.29, 0.717) is 11.4 Å². The number of benzene rings is 1. The summed E-state index contributed by atoms with van der Waals surface area (Å²) >= 11 is 0. The van der Waals surface area contributed by atoms with Gasteiger partial charge in [0.1, 0.15) is 5.82 Å². The largest absolute Gasteiger partial charge is 0.294 e. The van der Waals surface area contributed by atoms with Gasteiger partial charge in [-0.05, 0) is 37.5 Å². The molecule has 0 amide bonds. The number of aryl methyl sites for hydroxylation is 1. The first kappa shape index (κ1) is 13.2. The van der Waals surface area contributed by atoms with Crippen molar-refractivity contribution < 1.29 is 12.8 Å². The van der Waals surface area contributed by atoms with Gasteiger partial charge in [-0.1, -0.05) is 6.07 Å². The highest BCUT2D eigenvalue weighted by Crippen LogP contribution is 2.40. The van der Waals surface area contributed by atoms with E-state index in [1.54, 1.807) is 13.0 Å². The molecule has 6 nitrogen and oxygen atoms in total. The third-order valence-electron chi connectivity index (χ3n) is 3.27. The van der Waals surface area contributed by atoms with E-state index < -0.39 is 15.8 Å². The second-order valence-corrected chi connectivity index (χ2v) is 6.37. The van der Waals surface area contributed by atoms with E-state index in [-0.39, 0.29) is 11.2 Å². The highest BCUT2D eigenvalue weighted by Gasteiger charge is 2.33. The van der Waals surface area contributed by atoms with Crippen LogP contribution in [-0.2, 0) is 10.0 Å². The lowest BCUT2D eigenvalue weighted by Gasteiger charge is -2.09. The number of hydrogen-bond donors (Lipinski definition) is 1. The zero-order valence-corrected chi connectivity index (χ0v) is 11.6. The molecule has 0 atom stereocenters. The van der Waals surface area contributed by atoms with Crippen LogP contribution in [0.1, 0.15) is 24.4 Å². The van der Waals surface area contributed by atoms with Crippen LogP contribution in [0.3, 0.4) is 0 Å². The Hall–Kier alpha value is -1.80. The van der Waals surface area contributed by atoms with E-state index in [1.165, 1.54) is 16.7 Å². The Morgan fingerprint density at radius 1 is 1.35 bits per heavy atom. The van der Waals surface area contributed by atoms with Gasteiger partial charge in [-0.25, -0.2) is 17.9 Å². The quantitative estimate of drug-likeness (QED) is 0.926. The number of nitrogens with two attached hydrogens (primary N) is 1. The molecule has 1 saturated carbocycles. The molecule has 0 saturated heterocycles. The molecule has 8 heteroatoms. The summed E-state index contributed by atoms with van der Waals surface area (Å²) in [6.07, 6.45) is 1.67. The Morgan fingerprint density at radius 3 is 2.65 bits per heavy atom. The van der Waals surface area contributed by atoms with Crippen molar-refractivity contribution in [2.75, 3.05) is 0 Å². The second-order valence-electron chi connectivity index (χ2n) is 4.91. The van der Waals surface area contributed by atoms with Crippen LogP contribution in [0.5, 0.6) is 0 Å². The van der Waals surface area contributed by atoms with E-state index in [0.717, 1.165) is 18.4 Å². The molecular weight excluding hydrogens is 283 g/mol. The van der Waals surface area contributed by atoms with Gasteiger partial charge in [-0.3, -0.25) is 4.57 Å². The molecule has 2 aromatic rings. The minimum atomic E-state index is -3.95. The smallest absolute Gasteiger partial charge is 0.273 e.